The predicted octanol–water partition coefficient (Wildman–Crippen LogP) is 1.02. The van der Waals surface area contributed by atoms with Crippen LogP contribution in [0.25, 0.3) is 0 Å². The molecule has 0 unspecified atom stereocenters. The van der Waals surface area contributed by atoms with Gasteiger partial charge in [-0.15, -0.1) is 0 Å². The summed E-state index contributed by atoms with van der Waals surface area (Å²) < 4.78 is 7.93. The van der Waals surface area contributed by atoms with Crippen molar-refractivity contribution in [2.24, 2.45) is 0 Å². The number of benzene rings is 1. The van der Waals surface area contributed by atoms with E-state index in [2.05, 4.69) is 20.6 Å². The first kappa shape index (κ1) is 18.1. The molecule has 0 radical (unpaired) electrons. The van der Waals surface area contributed by atoms with Crippen LogP contribution >= 0.6 is 0 Å². The average Bonchev–Trinajstić information content (AvgIpc) is 3.38. The molecule has 1 amide bonds. The Morgan fingerprint density at radius 1 is 1.29 bits per heavy atom. The maximum atomic E-state index is 12.5. The molecule has 4 rings (SSSR count). The van der Waals surface area contributed by atoms with Crippen molar-refractivity contribution in [2.75, 3.05) is 6.54 Å². The Kier molecular flexibility index (Phi) is 5.05. The summed E-state index contributed by atoms with van der Waals surface area (Å²) in [5.41, 5.74) is 0.700. The third-order valence-corrected chi connectivity index (χ3v) is 4.67. The number of aryl methyl sites for hydroxylation is 1. The van der Waals surface area contributed by atoms with Gasteiger partial charge < -0.3 is 9.84 Å². The lowest BCUT2D eigenvalue weighted by Crippen LogP contribution is -2.34. The number of aromatic nitrogens is 5. The highest BCUT2D eigenvalue weighted by Gasteiger charge is 2.29. The largest absolute Gasteiger partial charge is 0.354 e. The highest BCUT2D eigenvalue weighted by Crippen LogP contribution is 2.38. The lowest BCUT2D eigenvalue weighted by molar-refractivity contribution is -0.121. The number of amides is 1. The van der Waals surface area contributed by atoms with Gasteiger partial charge in [0, 0.05) is 18.9 Å². The first-order valence-electron chi connectivity index (χ1n) is 9.37. The SMILES string of the molecule is Cc1nn(CC(=O)NCCc2noc(C3CC3)n2)c(=O)n1Cc1ccccc1. The van der Waals surface area contributed by atoms with E-state index in [9.17, 15) is 9.59 Å². The van der Waals surface area contributed by atoms with Crippen LogP contribution in [-0.2, 0) is 24.3 Å². The lowest BCUT2D eigenvalue weighted by Gasteiger charge is -2.03. The second kappa shape index (κ2) is 7.79. The van der Waals surface area contributed by atoms with E-state index >= 15 is 0 Å². The van der Waals surface area contributed by atoms with Gasteiger partial charge in [0.05, 0.1) is 6.54 Å². The topological polar surface area (TPSA) is 108 Å². The van der Waals surface area contributed by atoms with Crippen molar-refractivity contribution >= 4 is 5.91 Å². The van der Waals surface area contributed by atoms with Crippen molar-refractivity contribution in [2.45, 2.75) is 45.2 Å². The van der Waals surface area contributed by atoms with Crippen LogP contribution in [-0.4, -0.2) is 36.9 Å². The lowest BCUT2D eigenvalue weighted by atomic mass is 10.2. The number of hydrogen-bond acceptors (Lipinski definition) is 6. The fourth-order valence-corrected chi connectivity index (χ4v) is 2.97. The Labute approximate surface area is 161 Å². The molecule has 1 aliphatic carbocycles. The molecular weight excluding hydrogens is 360 g/mol. The van der Waals surface area contributed by atoms with E-state index in [0.29, 0.717) is 43.0 Å². The van der Waals surface area contributed by atoms with Gasteiger partial charge in [-0.2, -0.15) is 10.1 Å². The van der Waals surface area contributed by atoms with Gasteiger partial charge >= 0.3 is 5.69 Å². The van der Waals surface area contributed by atoms with Crippen LogP contribution in [0, 0.1) is 6.92 Å². The summed E-state index contributed by atoms with van der Waals surface area (Å²) in [5.74, 6) is 1.98. The zero-order chi connectivity index (χ0) is 19.5. The highest BCUT2D eigenvalue weighted by atomic mass is 16.5. The second-order valence-corrected chi connectivity index (χ2v) is 6.98. The van der Waals surface area contributed by atoms with E-state index in [-0.39, 0.29) is 18.1 Å². The monoisotopic (exact) mass is 382 g/mol. The van der Waals surface area contributed by atoms with Crippen molar-refractivity contribution in [3.05, 3.63) is 63.9 Å². The maximum Gasteiger partial charge on any atom is 0.346 e. The van der Waals surface area contributed by atoms with Crippen LogP contribution in [0.15, 0.2) is 39.6 Å². The fourth-order valence-electron chi connectivity index (χ4n) is 2.97. The second-order valence-electron chi connectivity index (χ2n) is 6.98. The molecule has 0 atom stereocenters. The average molecular weight is 382 g/mol. The number of carbonyl (C=O) groups is 1. The van der Waals surface area contributed by atoms with Crippen molar-refractivity contribution in [3.63, 3.8) is 0 Å². The summed E-state index contributed by atoms with van der Waals surface area (Å²) >= 11 is 0. The summed E-state index contributed by atoms with van der Waals surface area (Å²) in [4.78, 5) is 29.0. The first-order valence-corrected chi connectivity index (χ1v) is 9.37. The first-order chi connectivity index (χ1) is 13.6. The Bertz CT molecular complexity index is 1020. The molecule has 0 aliphatic heterocycles. The fraction of sp³-hybridized carbons (Fsp3) is 0.421. The van der Waals surface area contributed by atoms with Crippen LogP contribution < -0.4 is 11.0 Å². The van der Waals surface area contributed by atoms with Gasteiger partial charge in [-0.3, -0.25) is 9.36 Å². The minimum atomic E-state index is -0.302. The van der Waals surface area contributed by atoms with Crippen molar-refractivity contribution in [1.82, 2.24) is 29.8 Å². The van der Waals surface area contributed by atoms with Gasteiger partial charge in [-0.1, -0.05) is 35.5 Å². The normalized spacial score (nSPS) is 13.6. The molecule has 0 saturated heterocycles. The zero-order valence-electron chi connectivity index (χ0n) is 15.7. The molecule has 9 heteroatoms. The Balaban J connectivity index is 1.31. The predicted molar refractivity (Wildman–Crippen MR) is 99.8 cm³/mol. The number of nitrogens with zero attached hydrogens (tertiary/aromatic N) is 5. The van der Waals surface area contributed by atoms with Gasteiger partial charge in [0.25, 0.3) is 0 Å². The highest BCUT2D eigenvalue weighted by molar-refractivity contribution is 5.75. The number of hydrogen-bond donors (Lipinski definition) is 1. The van der Waals surface area contributed by atoms with Crippen LogP contribution in [0.2, 0.25) is 0 Å². The quantitative estimate of drug-likeness (QED) is 0.623. The molecule has 0 bridgehead atoms. The summed E-state index contributed by atoms with van der Waals surface area (Å²) in [6.45, 7) is 2.43. The van der Waals surface area contributed by atoms with Gasteiger partial charge in [-0.05, 0) is 25.3 Å². The Morgan fingerprint density at radius 2 is 2.07 bits per heavy atom. The standard InChI is InChI=1S/C19H22N6O3/c1-13-22-25(19(27)24(13)11-14-5-3-2-4-6-14)12-17(26)20-10-9-16-21-18(28-23-16)15-7-8-15/h2-6,15H,7-12H2,1H3,(H,20,26). The van der Waals surface area contributed by atoms with E-state index < -0.39 is 0 Å². The van der Waals surface area contributed by atoms with Crippen molar-refractivity contribution < 1.29 is 9.32 Å². The van der Waals surface area contributed by atoms with E-state index in [4.69, 9.17) is 4.52 Å². The molecule has 0 spiro atoms. The molecule has 1 aliphatic rings. The Hall–Kier alpha value is -3.23. The molecule has 1 saturated carbocycles. The van der Waals surface area contributed by atoms with E-state index in [1.807, 2.05) is 30.3 Å². The van der Waals surface area contributed by atoms with Crippen LogP contribution in [0.5, 0.6) is 0 Å². The molecule has 1 aromatic carbocycles. The number of nitrogens with one attached hydrogen (secondary N) is 1. The van der Waals surface area contributed by atoms with Crippen molar-refractivity contribution in [1.29, 1.82) is 0 Å². The molecule has 1 fully saturated rings. The van der Waals surface area contributed by atoms with Gasteiger partial charge in [0.2, 0.25) is 11.8 Å². The van der Waals surface area contributed by atoms with Gasteiger partial charge in [0.1, 0.15) is 12.4 Å². The van der Waals surface area contributed by atoms with Crippen LogP contribution in [0.1, 0.15) is 41.9 Å². The molecule has 3 aromatic rings. The smallest absolute Gasteiger partial charge is 0.346 e. The molecule has 9 nitrogen and oxygen atoms in total. The van der Waals surface area contributed by atoms with E-state index in [0.717, 1.165) is 18.4 Å². The number of carbonyl (C=O) groups excluding carboxylic acids is 1. The van der Waals surface area contributed by atoms with Crippen molar-refractivity contribution in [3.8, 4) is 0 Å². The molecule has 1 N–H and O–H groups in total. The third kappa shape index (κ3) is 4.19. The van der Waals surface area contributed by atoms with Gasteiger partial charge in [0.15, 0.2) is 5.82 Å². The molecule has 2 aromatic heterocycles. The molecular formula is C19H22N6O3. The maximum absolute atomic E-state index is 12.5. The molecule has 28 heavy (non-hydrogen) atoms. The van der Waals surface area contributed by atoms with Crippen LogP contribution in [0.3, 0.4) is 0 Å². The molecule has 146 valence electrons. The minimum Gasteiger partial charge on any atom is -0.354 e. The van der Waals surface area contributed by atoms with E-state index in [1.165, 1.54) is 4.68 Å². The van der Waals surface area contributed by atoms with E-state index in [1.54, 1.807) is 11.5 Å². The Morgan fingerprint density at radius 3 is 2.82 bits per heavy atom. The summed E-state index contributed by atoms with van der Waals surface area (Å²) in [6.07, 6.45) is 2.69. The summed E-state index contributed by atoms with van der Waals surface area (Å²) in [5, 5.41) is 10.9. The summed E-state index contributed by atoms with van der Waals surface area (Å²) in [7, 11) is 0. The number of rotatable bonds is 8. The zero-order valence-corrected chi connectivity index (χ0v) is 15.7. The van der Waals surface area contributed by atoms with Crippen LogP contribution in [0.4, 0.5) is 0 Å². The minimum absolute atomic E-state index is 0.124. The summed E-state index contributed by atoms with van der Waals surface area (Å²) in [6, 6.07) is 9.66. The van der Waals surface area contributed by atoms with Gasteiger partial charge in [-0.25, -0.2) is 9.48 Å². The molecule has 2 heterocycles. The third-order valence-electron chi connectivity index (χ3n) is 4.67.